The maximum Gasteiger partial charge on any atom is 0.270 e. The molecule has 2 atom stereocenters. The van der Waals surface area contributed by atoms with Crippen molar-refractivity contribution in [1.82, 2.24) is 15.1 Å². The third-order valence-corrected chi connectivity index (χ3v) is 4.84. The van der Waals surface area contributed by atoms with E-state index in [0.717, 1.165) is 30.8 Å². The van der Waals surface area contributed by atoms with E-state index in [2.05, 4.69) is 5.32 Å². The van der Waals surface area contributed by atoms with Crippen molar-refractivity contribution in [2.24, 2.45) is 0 Å². The summed E-state index contributed by atoms with van der Waals surface area (Å²) in [6.07, 6.45) is 4.52. The number of nitrogens with zero attached hydrogens (tertiary/aromatic N) is 2. The molecule has 2 aromatic rings. The SMILES string of the molecule is C[C@H](NC(=O)c1cc(C2CC2)nn1-c1ccccc1)[C@H]1CCCO1. The van der Waals surface area contributed by atoms with Gasteiger partial charge in [0.1, 0.15) is 5.69 Å². The van der Waals surface area contributed by atoms with Crippen LogP contribution < -0.4 is 5.32 Å². The fraction of sp³-hybridized carbons (Fsp3) is 0.474. The number of hydrogen-bond acceptors (Lipinski definition) is 3. The van der Waals surface area contributed by atoms with Gasteiger partial charge in [-0.25, -0.2) is 4.68 Å². The first kappa shape index (κ1) is 15.4. The van der Waals surface area contributed by atoms with E-state index in [4.69, 9.17) is 9.84 Å². The Bertz CT molecular complexity index is 715. The van der Waals surface area contributed by atoms with Gasteiger partial charge >= 0.3 is 0 Å². The molecule has 1 aliphatic heterocycles. The molecule has 1 N–H and O–H groups in total. The van der Waals surface area contributed by atoms with E-state index in [1.807, 2.05) is 43.3 Å². The molecule has 5 nitrogen and oxygen atoms in total. The van der Waals surface area contributed by atoms with Crippen LogP contribution in [-0.4, -0.2) is 34.4 Å². The molecule has 0 radical (unpaired) electrons. The second-order valence-electron chi connectivity index (χ2n) is 6.79. The molecule has 1 saturated carbocycles. The Morgan fingerprint density at radius 1 is 1.29 bits per heavy atom. The van der Waals surface area contributed by atoms with E-state index in [1.165, 1.54) is 12.8 Å². The van der Waals surface area contributed by atoms with Gasteiger partial charge in [0.15, 0.2) is 0 Å². The van der Waals surface area contributed by atoms with Gasteiger partial charge in [-0.3, -0.25) is 4.79 Å². The summed E-state index contributed by atoms with van der Waals surface area (Å²) >= 11 is 0. The van der Waals surface area contributed by atoms with Crippen molar-refractivity contribution in [3.8, 4) is 5.69 Å². The minimum absolute atomic E-state index is 0.00324. The second-order valence-corrected chi connectivity index (χ2v) is 6.79. The molecule has 2 heterocycles. The monoisotopic (exact) mass is 325 g/mol. The number of carbonyl (C=O) groups excluding carboxylic acids is 1. The first-order valence-corrected chi connectivity index (χ1v) is 8.80. The highest BCUT2D eigenvalue weighted by atomic mass is 16.5. The van der Waals surface area contributed by atoms with Crippen LogP contribution in [0.3, 0.4) is 0 Å². The van der Waals surface area contributed by atoms with Crippen molar-refractivity contribution >= 4 is 5.91 Å². The van der Waals surface area contributed by atoms with Crippen molar-refractivity contribution in [2.75, 3.05) is 6.61 Å². The molecule has 0 spiro atoms. The predicted molar refractivity (Wildman–Crippen MR) is 91.4 cm³/mol. The molecule has 1 saturated heterocycles. The topological polar surface area (TPSA) is 56.2 Å². The van der Waals surface area contributed by atoms with Crippen LogP contribution in [-0.2, 0) is 4.74 Å². The van der Waals surface area contributed by atoms with Crippen LogP contribution in [0.25, 0.3) is 5.69 Å². The highest BCUT2D eigenvalue weighted by Crippen LogP contribution is 2.39. The number of ether oxygens (including phenoxy) is 1. The van der Waals surface area contributed by atoms with Crippen LogP contribution in [0.5, 0.6) is 0 Å². The minimum Gasteiger partial charge on any atom is -0.376 e. The maximum absolute atomic E-state index is 12.8. The number of carbonyl (C=O) groups is 1. The van der Waals surface area contributed by atoms with Crippen molar-refractivity contribution < 1.29 is 9.53 Å². The standard InChI is InChI=1S/C19H23N3O2/c1-13(18-8-5-11-24-18)20-19(23)17-12-16(14-9-10-14)21-22(17)15-6-3-2-4-7-15/h2-4,6-7,12-14,18H,5,8-11H2,1H3,(H,20,23)/t13-,18+/m0/s1. The normalized spacial score (nSPS) is 21.6. The summed E-state index contributed by atoms with van der Waals surface area (Å²) in [4.78, 5) is 12.8. The lowest BCUT2D eigenvalue weighted by molar-refractivity contribution is 0.0708. The first-order chi connectivity index (χ1) is 11.7. The average Bonchev–Trinajstić information content (AvgIpc) is 3.14. The Kier molecular flexibility index (Phi) is 4.10. The van der Waals surface area contributed by atoms with Crippen molar-refractivity contribution in [3.63, 3.8) is 0 Å². The van der Waals surface area contributed by atoms with Crippen molar-refractivity contribution in [2.45, 2.75) is 50.7 Å². The molecule has 1 aromatic carbocycles. The zero-order valence-electron chi connectivity index (χ0n) is 13.9. The average molecular weight is 325 g/mol. The number of hydrogen-bond donors (Lipinski definition) is 1. The second kappa shape index (κ2) is 6.40. The molecule has 0 bridgehead atoms. The molecular formula is C19H23N3O2. The molecule has 0 unspecified atom stereocenters. The third kappa shape index (κ3) is 3.08. The molecule has 1 amide bonds. The van der Waals surface area contributed by atoms with Gasteiger partial charge in [-0.05, 0) is 50.8 Å². The summed E-state index contributed by atoms with van der Waals surface area (Å²) in [5.41, 5.74) is 2.54. The molecule has 126 valence electrons. The summed E-state index contributed by atoms with van der Waals surface area (Å²) in [6, 6.07) is 11.8. The number of nitrogens with one attached hydrogen (secondary N) is 1. The van der Waals surface area contributed by atoms with Crippen molar-refractivity contribution in [3.05, 3.63) is 47.8 Å². The van der Waals surface area contributed by atoms with Gasteiger partial charge in [0, 0.05) is 12.5 Å². The molecule has 2 aliphatic rings. The minimum atomic E-state index is -0.0822. The largest absolute Gasteiger partial charge is 0.376 e. The summed E-state index contributed by atoms with van der Waals surface area (Å²) in [6.45, 7) is 2.80. The van der Waals surface area contributed by atoms with Gasteiger partial charge in [0.05, 0.1) is 23.5 Å². The van der Waals surface area contributed by atoms with E-state index in [-0.39, 0.29) is 18.1 Å². The molecule has 1 aliphatic carbocycles. The Morgan fingerprint density at radius 3 is 2.75 bits per heavy atom. The zero-order chi connectivity index (χ0) is 16.5. The van der Waals surface area contributed by atoms with Crippen LogP contribution in [0.1, 0.15) is 54.7 Å². The molecular weight excluding hydrogens is 302 g/mol. The maximum atomic E-state index is 12.8. The number of benzene rings is 1. The summed E-state index contributed by atoms with van der Waals surface area (Å²) in [5, 5.41) is 7.79. The number of rotatable bonds is 5. The molecule has 1 aromatic heterocycles. The van der Waals surface area contributed by atoms with Crippen molar-refractivity contribution in [1.29, 1.82) is 0 Å². The van der Waals surface area contributed by atoms with Crippen LogP contribution >= 0.6 is 0 Å². The zero-order valence-corrected chi connectivity index (χ0v) is 13.9. The summed E-state index contributed by atoms with van der Waals surface area (Å²) in [5.74, 6) is 0.429. The highest BCUT2D eigenvalue weighted by molar-refractivity contribution is 5.93. The lowest BCUT2D eigenvalue weighted by atomic mass is 10.1. The van der Waals surface area contributed by atoms with Gasteiger partial charge in [-0.2, -0.15) is 5.10 Å². The lowest BCUT2D eigenvalue weighted by Crippen LogP contribution is -2.41. The summed E-state index contributed by atoms with van der Waals surface area (Å²) < 4.78 is 7.45. The molecule has 5 heteroatoms. The van der Waals surface area contributed by atoms with Gasteiger partial charge in [-0.15, -0.1) is 0 Å². The van der Waals surface area contributed by atoms with Crippen LogP contribution in [0.4, 0.5) is 0 Å². The van der Waals surface area contributed by atoms with Gasteiger partial charge in [-0.1, -0.05) is 18.2 Å². The number of aromatic nitrogens is 2. The van der Waals surface area contributed by atoms with Gasteiger partial charge < -0.3 is 10.1 Å². The Balaban J connectivity index is 1.59. The van der Waals surface area contributed by atoms with Crippen LogP contribution in [0.15, 0.2) is 36.4 Å². The lowest BCUT2D eigenvalue weighted by Gasteiger charge is -2.20. The quantitative estimate of drug-likeness (QED) is 0.919. The molecule has 4 rings (SSSR count). The van der Waals surface area contributed by atoms with Gasteiger partial charge in [0.25, 0.3) is 5.91 Å². The Labute approximate surface area is 142 Å². The Morgan fingerprint density at radius 2 is 2.08 bits per heavy atom. The van der Waals surface area contributed by atoms with E-state index in [0.29, 0.717) is 11.6 Å². The smallest absolute Gasteiger partial charge is 0.270 e. The Hall–Kier alpha value is -2.14. The number of amides is 1. The van der Waals surface area contributed by atoms with Crippen LogP contribution in [0, 0.1) is 0 Å². The molecule has 24 heavy (non-hydrogen) atoms. The van der Waals surface area contributed by atoms with E-state index < -0.39 is 0 Å². The predicted octanol–water partition coefficient (Wildman–Crippen LogP) is 3.05. The van der Waals surface area contributed by atoms with Gasteiger partial charge in [0.2, 0.25) is 0 Å². The van der Waals surface area contributed by atoms with Crippen LogP contribution in [0.2, 0.25) is 0 Å². The van der Waals surface area contributed by atoms with E-state index >= 15 is 0 Å². The van der Waals surface area contributed by atoms with E-state index in [1.54, 1.807) is 4.68 Å². The van der Waals surface area contributed by atoms with E-state index in [9.17, 15) is 4.79 Å². The third-order valence-electron chi connectivity index (χ3n) is 4.84. The highest BCUT2D eigenvalue weighted by Gasteiger charge is 2.30. The molecule has 2 fully saturated rings. The summed E-state index contributed by atoms with van der Waals surface area (Å²) in [7, 11) is 0. The fourth-order valence-corrected chi connectivity index (χ4v) is 3.28. The number of para-hydroxylation sites is 1. The fourth-order valence-electron chi connectivity index (χ4n) is 3.28. The first-order valence-electron chi connectivity index (χ1n) is 8.80.